The van der Waals surface area contributed by atoms with Gasteiger partial charge in [0, 0.05) is 17.2 Å². The van der Waals surface area contributed by atoms with Crippen LogP contribution in [0.25, 0.3) is 0 Å². The van der Waals surface area contributed by atoms with E-state index in [2.05, 4.69) is 5.32 Å². The van der Waals surface area contributed by atoms with Crippen molar-refractivity contribution in [3.05, 3.63) is 69.5 Å². The standard InChI is InChI=1S/C18H17FN2O5/c1-18(2)16(22)15(20-17(23)10-3-5-11(19)6-4-10)13-8-7-12(21(24)25)9-14(13)26-18/h3-9,15-16,22H,1-2H3,(H,20,23)/t15-,16+/m1/s1. The molecule has 136 valence electrons. The third kappa shape index (κ3) is 3.23. The van der Waals surface area contributed by atoms with Gasteiger partial charge in [-0.25, -0.2) is 4.39 Å². The molecule has 0 bridgehead atoms. The summed E-state index contributed by atoms with van der Waals surface area (Å²) in [6, 6.07) is 8.14. The van der Waals surface area contributed by atoms with Gasteiger partial charge in [0.2, 0.25) is 0 Å². The number of halogens is 1. The molecular formula is C18H17FN2O5. The van der Waals surface area contributed by atoms with E-state index in [0.29, 0.717) is 5.56 Å². The Hall–Kier alpha value is -3.00. The Labute approximate surface area is 148 Å². The largest absolute Gasteiger partial charge is 0.484 e. The highest BCUT2D eigenvalue weighted by molar-refractivity contribution is 5.94. The van der Waals surface area contributed by atoms with Crippen molar-refractivity contribution in [2.24, 2.45) is 0 Å². The summed E-state index contributed by atoms with van der Waals surface area (Å²) in [6.07, 6.45) is -1.10. The van der Waals surface area contributed by atoms with Gasteiger partial charge < -0.3 is 15.2 Å². The molecule has 0 saturated heterocycles. The van der Waals surface area contributed by atoms with Crippen molar-refractivity contribution >= 4 is 11.6 Å². The van der Waals surface area contributed by atoms with Gasteiger partial charge in [-0.15, -0.1) is 0 Å². The monoisotopic (exact) mass is 360 g/mol. The molecule has 1 aliphatic rings. The molecule has 0 spiro atoms. The number of hydrogen-bond donors (Lipinski definition) is 2. The first-order valence-electron chi connectivity index (χ1n) is 7.91. The average Bonchev–Trinajstić information content (AvgIpc) is 2.58. The van der Waals surface area contributed by atoms with E-state index in [0.717, 1.165) is 12.1 Å². The van der Waals surface area contributed by atoms with Crippen molar-refractivity contribution in [1.82, 2.24) is 5.32 Å². The van der Waals surface area contributed by atoms with Crippen molar-refractivity contribution in [2.45, 2.75) is 31.6 Å². The van der Waals surface area contributed by atoms with E-state index in [-0.39, 0.29) is 17.0 Å². The van der Waals surface area contributed by atoms with Gasteiger partial charge in [0.1, 0.15) is 23.3 Å². The molecule has 1 aliphatic heterocycles. The van der Waals surface area contributed by atoms with E-state index >= 15 is 0 Å². The molecule has 0 unspecified atom stereocenters. The number of nitro benzene ring substituents is 1. The van der Waals surface area contributed by atoms with E-state index in [9.17, 15) is 24.4 Å². The summed E-state index contributed by atoms with van der Waals surface area (Å²) in [5.74, 6) is -0.749. The highest BCUT2D eigenvalue weighted by atomic mass is 19.1. The minimum atomic E-state index is -1.10. The van der Waals surface area contributed by atoms with Crippen LogP contribution < -0.4 is 10.1 Å². The number of amides is 1. The van der Waals surface area contributed by atoms with Gasteiger partial charge in [0.25, 0.3) is 11.6 Å². The maximum absolute atomic E-state index is 13.0. The molecule has 8 heteroatoms. The third-order valence-corrected chi connectivity index (χ3v) is 4.34. The van der Waals surface area contributed by atoms with E-state index in [4.69, 9.17) is 4.74 Å². The molecule has 2 aromatic carbocycles. The third-order valence-electron chi connectivity index (χ3n) is 4.34. The number of non-ortho nitro benzene ring substituents is 1. The molecule has 0 saturated carbocycles. The molecule has 0 fully saturated rings. The number of aliphatic hydroxyl groups is 1. The van der Waals surface area contributed by atoms with Gasteiger partial charge in [-0.3, -0.25) is 14.9 Å². The molecule has 2 N–H and O–H groups in total. The van der Waals surface area contributed by atoms with Crippen LogP contribution in [0.1, 0.15) is 35.8 Å². The molecule has 0 aromatic heterocycles. The second kappa shape index (κ2) is 6.38. The number of nitrogens with one attached hydrogen (secondary N) is 1. The number of benzene rings is 2. The number of carbonyl (C=O) groups excluding carboxylic acids is 1. The Morgan fingerprint density at radius 1 is 1.27 bits per heavy atom. The summed E-state index contributed by atoms with van der Waals surface area (Å²) < 4.78 is 18.7. The lowest BCUT2D eigenvalue weighted by atomic mass is 9.86. The average molecular weight is 360 g/mol. The second-order valence-corrected chi connectivity index (χ2v) is 6.59. The zero-order valence-electron chi connectivity index (χ0n) is 14.1. The molecule has 1 heterocycles. The molecule has 1 amide bonds. The van der Waals surface area contributed by atoms with Crippen molar-refractivity contribution in [3.8, 4) is 5.75 Å². The number of aliphatic hydroxyl groups excluding tert-OH is 1. The Bertz CT molecular complexity index is 866. The van der Waals surface area contributed by atoms with Crippen LogP contribution in [0.4, 0.5) is 10.1 Å². The van der Waals surface area contributed by atoms with E-state index in [1.165, 1.54) is 30.3 Å². The summed E-state index contributed by atoms with van der Waals surface area (Å²) in [6.45, 7) is 3.24. The topological polar surface area (TPSA) is 102 Å². The summed E-state index contributed by atoms with van der Waals surface area (Å²) >= 11 is 0. The first-order valence-corrected chi connectivity index (χ1v) is 7.91. The van der Waals surface area contributed by atoms with Crippen LogP contribution in [0.5, 0.6) is 5.75 Å². The van der Waals surface area contributed by atoms with Gasteiger partial charge in [-0.2, -0.15) is 0 Å². The van der Waals surface area contributed by atoms with Crippen molar-refractivity contribution in [3.63, 3.8) is 0 Å². The number of hydrogen-bond acceptors (Lipinski definition) is 5. The number of nitro groups is 1. The van der Waals surface area contributed by atoms with Gasteiger partial charge in [0.15, 0.2) is 0 Å². The Morgan fingerprint density at radius 2 is 1.92 bits per heavy atom. The fourth-order valence-electron chi connectivity index (χ4n) is 2.88. The Morgan fingerprint density at radius 3 is 2.54 bits per heavy atom. The normalized spacial score (nSPS) is 20.6. The number of fused-ring (bicyclic) bond motifs is 1. The predicted octanol–water partition coefficient (Wildman–Crippen LogP) is 2.74. The Kier molecular flexibility index (Phi) is 4.37. The van der Waals surface area contributed by atoms with Gasteiger partial charge in [0.05, 0.1) is 17.0 Å². The highest BCUT2D eigenvalue weighted by Gasteiger charge is 2.44. The molecule has 0 radical (unpaired) electrons. The first kappa shape index (κ1) is 17.8. The highest BCUT2D eigenvalue weighted by Crippen LogP contribution is 2.41. The smallest absolute Gasteiger partial charge is 0.273 e. The quantitative estimate of drug-likeness (QED) is 0.647. The zero-order valence-corrected chi connectivity index (χ0v) is 14.1. The summed E-state index contributed by atoms with van der Waals surface area (Å²) in [5, 5.41) is 24.3. The number of ether oxygens (including phenoxy) is 1. The fourth-order valence-corrected chi connectivity index (χ4v) is 2.88. The zero-order chi connectivity index (χ0) is 19.1. The van der Waals surface area contributed by atoms with Crippen LogP contribution in [0.3, 0.4) is 0 Å². The fraction of sp³-hybridized carbons (Fsp3) is 0.278. The van der Waals surface area contributed by atoms with Gasteiger partial charge in [-0.1, -0.05) is 0 Å². The van der Waals surface area contributed by atoms with Crippen molar-refractivity contribution in [1.29, 1.82) is 0 Å². The minimum Gasteiger partial charge on any atom is -0.484 e. The first-order chi connectivity index (χ1) is 12.2. The lowest BCUT2D eigenvalue weighted by Gasteiger charge is -2.42. The number of nitrogens with zero attached hydrogens (tertiary/aromatic N) is 1. The van der Waals surface area contributed by atoms with Crippen LogP contribution in [0.2, 0.25) is 0 Å². The second-order valence-electron chi connectivity index (χ2n) is 6.59. The molecule has 0 aliphatic carbocycles. The van der Waals surface area contributed by atoms with Crippen LogP contribution in [0, 0.1) is 15.9 Å². The lowest BCUT2D eigenvalue weighted by molar-refractivity contribution is -0.385. The molecule has 7 nitrogen and oxygen atoms in total. The van der Waals surface area contributed by atoms with Crippen LogP contribution in [-0.4, -0.2) is 27.6 Å². The van der Waals surface area contributed by atoms with Crippen LogP contribution in [0.15, 0.2) is 42.5 Å². The molecular weight excluding hydrogens is 343 g/mol. The molecule has 2 aromatic rings. The lowest BCUT2D eigenvalue weighted by Crippen LogP contribution is -2.53. The van der Waals surface area contributed by atoms with E-state index in [1.807, 2.05) is 0 Å². The van der Waals surface area contributed by atoms with Crippen LogP contribution >= 0.6 is 0 Å². The number of carbonyl (C=O) groups is 1. The molecule has 26 heavy (non-hydrogen) atoms. The van der Waals surface area contributed by atoms with E-state index < -0.39 is 34.4 Å². The maximum atomic E-state index is 13.0. The SMILES string of the molecule is CC1(C)Oc2cc([N+](=O)[O-])ccc2[C@@H](NC(=O)c2ccc(F)cc2)[C@@H]1O. The van der Waals surface area contributed by atoms with Crippen LogP contribution in [-0.2, 0) is 0 Å². The molecule has 3 rings (SSSR count). The minimum absolute atomic E-state index is 0.153. The summed E-state index contributed by atoms with van der Waals surface area (Å²) in [4.78, 5) is 22.9. The van der Waals surface area contributed by atoms with Crippen molar-refractivity contribution in [2.75, 3.05) is 0 Å². The van der Waals surface area contributed by atoms with E-state index in [1.54, 1.807) is 13.8 Å². The summed E-state index contributed by atoms with van der Waals surface area (Å²) in [5.41, 5.74) is -0.577. The van der Waals surface area contributed by atoms with Gasteiger partial charge >= 0.3 is 0 Å². The Balaban J connectivity index is 1.96. The summed E-state index contributed by atoms with van der Waals surface area (Å²) in [7, 11) is 0. The number of rotatable bonds is 3. The van der Waals surface area contributed by atoms with Gasteiger partial charge in [-0.05, 0) is 44.2 Å². The molecule has 2 atom stereocenters. The maximum Gasteiger partial charge on any atom is 0.273 e. The predicted molar refractivity (Wildman–Crippen MR) is 90.4 cm³/mol. The van der Waals surface area contributed by atoms with Crippen molar-refractivity contribution < 1.29 is 24.0 Å².